The molecule has 0 aromatic heterocycles. The van der Waals surface area contributed by atoms with E-state index >= 15 is 0 Å². The van der Waals surface area contributed by atoms with Gasteiger partial charge in [-0.2, -0.15) is 0 Å². The Kier molecular flexibility index (Phi) is 5.93. The highest BCUT2D eigenvalue weighted by Crippen LogP contribution is 2.30. The lowest BCUT2D eigenvalue weighted by molar-refractivity contribution is -0.0422. The first-order valence-electron chi connectivity index (χ1n) is 7.83. The SMILES string of the molecule is CCCNC(CC1CCCC1)C1CN(C)CCO1. The number of nitrogens with zero attached hydrogens (tertiary/aromatic N) is 1. The maximum Gasteiger partial charge on any atom is 0.0855 e. The summed E-state index contributed by atoms with van der Waals surface area (Å²) in [5.74, 6) is 0.940. The highest BCUT2D eigenvalue weighted by Gasteiger charge is 2.29. The molecule has 1 N–H and O–H groups in total. The zero-order valence-corrected chi connectivity index (χ0v) is 12.2. The minimum Gasteiger partial charge on any atom is -0.374 e. The molecule has 2 aliphatic rings. The van der Waals surface area contributed by atoms with Gasteiger partial charge in [-0.1, -0.05) is 32.6 Å². The Labute approximate surface area is 112 Å². The van der Waals surface area contributed by atoms with E-state index in [0.29, 0.717) is 12.1 Å². The number of morpholine rings is 1. The maximum absolute atomic E-state index is 6.01. The first kappa shape index (κ1) is 14.3. The van der Waals surface area contributed by atoms with E-state index in [9.17, 15) is 0 Å². The summed E-state index contributed by atoms with van der Waals surface area (Å²) >= 11 is 0. The van der Waals surface area contributed by atoms with Gasteiger partial charge in [-0.3, -0.25) is 0 Å². The van der Waals surface area contributed by atoms with Crippen LogP contribution in [-0.2, 0) is 4.74 Å². The summed E-state index contributed by atoms with van der Waals surface area (Å²) < 4.78 is 6.01. The standard InChI is InChI=1S/C15H30N2O/c1-3-8-16-14(11-13-6-4-5-7-13)15-12-17(2)9-10-18-15/h13-16H,3-12H2,1-2H3. The van der Waals surface area contributed by atoms with E-state index in [2.05, 4.69) is 24.2 Å². The largest absolute Gasteiger partial charge is 0.374 e. The highest BCUT2D eigenvalue weighted by molar-refractivity contribution is 4.85. The Morgan fingerprint density at radius 3 is 2.78 bits per heavy atom. The van der Waals surface area contributed by atoms with Crippen LogP contribution in [0.25, 0.3) is 0 Å². The van der Waals surface area contributed by atoms with E-state index in [4.69, 9.17) is 4.74 Å². The summed E-state index contributed by atoms with van der Waals surface area (Å²) in [7, 11) is 2.21. The van der Waals surface area contributed by atoms with Gasteiger partial charge < -0.3 is 15.0 Å². The Bertz CT molecular complexity index is 229. The Morgan fingerprint density at radius 1 is 1.33 bits per heavy atom. The topological polar surface area (TPSA) is 24.5 Å². The number of ether oxygens (including phenoxy) is 1. The number of hydrogen-bond acceptors (Lipinski definition) is 3. The van der Waals surface area contributed by atoms with Crippen LogP contribution in [0.1, 0.15) is 45.4 Å². The van der Waals surface area contributed by atoms with E-state index in [-0.39, 0.29) is 0 Å². The van der Waals surface area contributed by atoms with E-state index in [1.165, 1.54) is 38.5 Å². The molecule has 2 atom stereocenters. The predicted octanol–water partition coefficient (Wildman–Crippen LogP) is 2.27. The van der Waals surface area contributed by atoms with Gasteiger partial charge in [0.1, 0.15) is 0 Å². The van der Waals surface area contributed by atoms with Crippen molar-refractivity contribution >= 4 is 0 Å². The van der Waals surface area contributed by atoms with Crippen molar-refractivity contribution in [3.05, 3.63) is 0 Å². The van der Waals surface area contributed by atoms with E-state index in [1.807, 2.05) is 0 Å². The molecule has 2 fully saturated rings. The predicted molar refractivity (Wildman–Crippen MR) is 75.9 cm³/mol. The van der Waals surface area contributed by atoms with Crippen LogP contribution in [0.15, 0.2) is 0 Å². The van der Waals surface area contributed by atoms with Crippen molar-refractivity contribution in [2.24, 2.45) is 5.92 Å². The van der Waals surface area contributed by atoms with Gasteiger partial charge in [0.25, 0.3) is 0 Å². The first-order chi connectivity index (χ1) is 8.79. The van der Waals surface area contributed by atoms with Gasteiger partial charge in [-0.15, -0.1) is 0 Å². The van der Waals surface area contributed by atoms with Gasteiger partial charge in [0, 0.05) is 19.1 Å². The monoisotopic (exact) mass is 254 g/mol. The molecule has 2 unspecified atom stereocenters. The molecule has 0 amide bonds. The van der Waals surface area contributed by atoms with Gasteiger partial charge in [0.05, 0.1) is 12.7 Å². The molecule has 0 radical (unpaired) electrons. The van der Waals surface area contributed by atoms with Crippen molar-refractivity contribution in [1.29, 1.82) is 0 Å². The molecule has 3 nitrogen and oxygen atoms in total. The van der Waals surface area contributed by atoms with Gasteiger partial charge in [-0.05, 0) is 32.4 Å². The van der Waals surface area contributed by atoms with Crippen LogP contribution in [0.3, 0.4) is 0 Å². The van der Waals surface area contributed by atoms with E-state index in [1.54, 1.807) is 0 Å². The second-order valence-electron chi connectivity index (χ2n) is 6.12. The normalized spacial score (nSPS) is 28.7. The molecule has 0 bridgehead atoms. The van der Waals surface area contributed by atoms with Gasteiger partial charge in [0.15, 0.2) is 0 Å². The fourth-order valence-electron chi connectivity index (χ4n) is 3.36. The summed E-state index contributed by atoms with van der Waals surface area (Å²) in [6.45, 7) is 6.44. The zero-order chi connectivity index (χ0) is 12.8. The quantitative estimate of drug-likeness (QED) is 0.787. The van der Waals surface area contributed by atoms with Gasteiger partial charge in [-0.25, -0.2) is 0 Å². The van der Waals surface area contributed by atoms with Crippen molar-refractivity contribution in [1.82, 2.24) is 10.2 Å². The fourth-order valence-corrected chi connectivity index (χ4v) is 3.36. The molecular formula is C15H30N2O. The molecule has 1 saturated heterocycles. The molecule has 0 spiro atoms. The third-order valence-electron chi connectivity index (χ3n) is 4.46. The summed E-state index contributed by atoms with van der Waals surface area (Å²) in [6.07, 6.45) is 8.69. The van der Waals surface area contributed by atoms with Crippen LogP contribution < -0.4 is 5.32 Å². The second kappa shape index (κ2) is 7.46. The number of nitrogens with one attached hydrogen (secondary N) is 1. The molecule has 106 valence electrons. The molecule has 1 saturated carbocycles. The summed E-state index contributed by atoms with van der Waals surface area (Å²) in [4.78, 5) is 2.41. The number of rotatable bonds is 6. The lowest BCUT2D eigenvalue weighted by Crippen LogP contribution is -2.51. The van der Waals surface area contributed by atoms with Crippen molar-refractivity contribution in [3.63, 3.8) is 0 Å². The average molecular weight is 254 g/mol. The second-order valence-corrected chi connectivity index (χ2v) is 6.12. The van der Waals surface area contributed by atoms with Crippen molar-refractivity contribution in [2.45, 2.75) is 57.6 Å². The van der Waals surface area contributed by atoms with Crippen LogP contribution in [-0.4, -0.2) is 50.3 Å². The Balaban J connectivity index is 1.85. The fraction of sp³-hybridized carbons (Fsp3) is 1.00. The van der Waals surface area contributed by atoms with Crippen LogP contribution in [0.4, 0.5) is 0 Å². The third-order valence-corrected chi connectivity index (χ3v) is 4.46. The van der Waals surface area contributed by atoms with Crippen molar-refractivity contribution in [3.8, 4) is 0 Å². The molecule has 3 heteroatoms. The average Bonchev–Trinajstić information content (AvgIpc) is 2.87. The Hall–Kier alpha value is -0.120. The van der Waals surface area contributed by atoms with E-state index < -0.39 is 0 Å². The molecular weight excluding hydrogens is 224 g/mol. The van der Waals surface area contributed by atoms with Gasteiger partial charge >= 0.3 is 0 Å². The zero-order valence-electron chi connectivity index (χ0n) is 12.2. The molecule has 0 aromatic rings. The van der Waals surface area contributed by atoms with Crippen LogP contribution in [0, 0.1) is 5.92 Å². The molecule has 0 aromatic carbocycles. The molecule has 2 rings (SSSR count). The molecule has 1 aliphatic heterocycles. The maximum atomic E-state index is 6.01. The minimum absolute atomic E-state index is 0.399. The van der Waals surface area contributed by atoms with Crippen LogP contribution in [0.2, 0.25) is 0 Å². The number of hydrogen-bond donors (Lipinski definition) is 1. The van der Waals surface area contributed by atoms with Gasteiger partial charge in [0.2, 0.25) is 0 Å². The van der Waals surface area contributed by atoms with E-state index in [0.717, 1.165) is 32.2 Å². The van der Waals surface area contributed by atoms with Crippen molar-refractivity contribution < 1.29 is 4.74 Å². The molecule has 18 heavy (non-hydrogen) atoms. The third kappa shape index (κ3) is 4.22. The molecule has 1 aliphatic carbocycles. The summed E-state index contributed by atoms with van der Waals surface area (Å²) in [5, 5.41) is 3.73. The summed E-state index contributed by atoms with van der Waals surface area (Å²) in [6, 6.07) is 0.566. The van der Waals surface area contributed by atoms with Crippen molar-refractivity contribution in [2.75, 3.05) is 33.3 Å². The minimum atomic E-state index is 0.399. The summed E-state index contributed by atoms with van der Waals surface area (Å²) in [5.41, 5.74) is 0. The lowest BCUT2D eigenvalue weighted by Gasteiger charge is -2.36. The van der Waals surface area contributed by atoms with Crippen LogP contribution in [0.5, 0.6) is 0 Å². The number of likely N-dealkylation sites (N-methyl/N-ethyl adjacent to an activating group) is 1. The molecule has 1 heterocycles. The van der Waals surface area contributed by atoms with Crippen LogP contribution >= 0.6 is 0 Å². The smallest absolute Gasteiger partial charge is 0.0855 e. The first-order valence-corrected chi connectivity index (χ1v) is 7.83. The highest BCUT2D eigenvalue weighted by atomic mass is 16.5. The Morgan fingerprint density at radius 2 is 2.11 bits per heavy atom. The lowest BCUT2D eigenvalue weighted by atomic mass is 9.94.